The van der Waals surface area contributed by atoms with Gasteiger partial charge >= 0.3 is 0 Å². The van der Waals surface area contributed by atoms with E-state index in [9.17, 15) is 0 Å². The quantitative estimate of drug-likeness (QED) is 0.836. The first-order valence-corrected chi connectivity index (χ1v) is 7.48. The molecule has 0 aliphatic carbocycles. The fraction of sp³-hybridized carbons (Fsp3) is 0.533. The van der Waals surface area contributed by atoms with Crippen LogP contribution in [0.3, 0.4) is 0 Å². The van der Waals surface area contributed by atoms with Gasteiger partial charge in [-0.05, 0) is 20.0 Å². The second-order valence-corrected chi connectivity index (χ2v) is 5.59. The van der Waals surface area contributed by atoms with E-state index in [2.05, 4.69) is 22.9 Å². The lowest BCUT2D eigenvalue weighted by Gasteiger charge is -2.38. The number of likely N-dealkylation sites (N-methyl/N-ethyl adjacent to an activating group) is 1. The average molecular weight is 293 g/mol. The van der Waals surface area contributed by atoms with E-state index in [1.807, 2.05) is 25.1 Å². The number of ether oxygens (including phenoxy) is 1. The minimum Gasteiger partial charge on any atom is -0.494 e. The van der Waals surface area contributed by atoms with Crippen molar-refractivity contribution in [3.8, 4) is 5.75 Å². The van der Waals surface area contributed by atoms with Crippen molar-refractivity contribution in [2.45, 2.75) is 13.0 Å². The molecule has 1 atom stereocenters. The van der Waals surface area contributed by atoms with Crippen molar-refractivity contribution in [1.82, 2.24) is 9.80 Å². The Kier molecular flexibility index (Phi) is 5.34. The first kappa shape index (κ1) is 15.2. The lowest BCUT2D eigenvalue weighted by Crippen LogP contribution is -2.48. The lowest BCUT2D eigenvalue weighted by molar-refractivity contribution is 0.136. The zero-order valence-corrected chi connectivity index (χ0v) is 13.0. The van der Waals surface area contributed by atoms with Crippen LogP contribution in [0.2, 0.25) is 0 Å². The standard InChI is InChI=1S/C15H23N3OS/c1-3-19-13-7-5-4-6-12(13)14(15(16)20)18-10-8-17(2)9-11-18/h4-7,14H,3,8-11H2,1-2H3,(H2,16,20). The molecule has 0 aromatic heterocycles. The van der Waals surface area contributed by atoms with Crippen molar-refractivity contribution in [1.29, 1.82) is 0 Å². The molecule has 110 valence electrons. The van der Waals surface area contributed by atoms with Gasteiger partial charge in [-0.25, -0.2) is 0 Å². The molecule has 0 saturated carbocycles. The number of nitrogens with two attached hydrogens (primary N) is 1. The molecule has 5 heteroatoms. The third kappa shape index (κ3) is 3.48. The van der Waals surface area contributed by atoms with Gasteiger partial charge in [-0.2, -0.15) is 0 Å². The van der Waals surface area contributed by atoms with Gasteiger partial charge < -0.3 is 15.4 Å². The van der Waals surface area contributed by atoms with Crippen molar-refractivity contribution in [2.75, 3.05) is 39.8 Å². The molecule has 0 radical (unpaired) electrons. The van der Waals surface area contributed by atoms with Gasteiger partial charge in [0.1, 0.15) is 5.75 Å². The first-order valence-electron chi connectivity index (χ1n) is 7.07. The van der Waals surface area contributed by atoms with Gasteiger partial charge in [0.15, 0.2) is 0 Å². The smallest absolute Gasteiger partial charge is 0.124 e. The molecule has 1 saturated heterocycles. The second kappa shape index (κ2) is 7.02. The molecule has 20 heavy (non-hydrogen) atoms. The molecule has 1 fully saturated rings. The molecular weight excluding hydrogens is 270 g/mol. The molecule has 1 aliphatic heterocycles. The fourth-order valence-electron chi connectivity index (χ4n) is 2.60. The monoisotopic (exact) mass is 293 g/mol. The topological polar surface area (TPSA) is 41.7 Å². The van der Waals surface area contributed by atoms with Gasteiger partial charge in [0, 0.05) is 31.7 Å². The molecule has 0 spiro atoms. The van der Waals surface area contributed by atoms with Gasteiger partial charge in [-0.1, -0.05) is 30.4 Å². The Morgan fingerprint density at radius 3 is 2.55 bits per heavy atom. The largest absolute Gasteiger partial charge is 0.494 e. The highest BCUT2D eigenvalue weighted by Crippen LogP contribution is 2.30. The van der Waals surface area contributed by atoms with Crippen LogP contribution in [0, 0.1) is 0 Å². The van der Waals surface area contributed by atoms with Gasteiger partial charge in [-0.15, -0.1) is 0 Å². The van der Waals surface area contributed by atoms with Crippen LogP contribution in [0.15, 0.2) is 24.3 Å². The van der Waals surface area contributed by atoms with E-state index in [1.165, 1.54) is 0 Å². The maximum absolute atomic E-state index is 6.02. The van der Waals surface area contributed by atoms with Crippen LogP contribution in [0.1, 0.15) is 18.5 Å². The van der Waals surface area contributed by atoms with Crippen molar-refractivity contribution in [3.05, 3.63) is 29.8 Å². The average Bonchev–Trinajstić information content (AvgIpc) is 2.43. The third-order valence-corrected chi connectivity index (χ3v) is 3.91. The summed E-state index contributed by atoms with van der Waals surface area (Å²) in [7, 11) is 2.14. The fourth-order valence-corrected chi connectivity index (χ4v) is 2.88. The molecule has 1 aromatic rings. The summed E-state index contributed by atoms with van der Waals surface area (Å²) in [6.45, 7) is 6.65. The Morgan fingerprint density at radius 1 is 1.30 bits per heavy atom. The number of nitrogens with zero attached hydrogens (tertiary/aromatic N) is 2. The van der Waals surface area contributed by atoms with Gasteiger partial charge in [0.25, 0.3) is 0 Å². The maximum atomic E-state index is 6.02. The summed E-state index contributed by atoms with van der Waals surface area (Å²) < 4.78 is 5.73. The summed E-state index contributed by atoms with van der Waals surface area (Å²) in [6.07, 6.45) is 0. The van der Waals surface area contributed by atoms with E-state index >= 15 is 0 Å². The van der Waals surface area contributed by atoms with Crippen LogP contribution < -0.4 is 10.5 Å². The van der Waals surface area contributed by atoms with Gasteiger partial charge in [0.2, 0.25) is 0 Å². The number of hydrogen-bond donors (Lipinski definition) is 1. The van der Waals surface area contributed by atoms with Crippen LogP contribution in [-0.4, -0.2) is 54.6 Å². The summed E-state index contributed by atoms with van der Waals surface area (Å²) in [6, 6.07) is 8.00. The van der Waals surface area contributed by atoms with E-state index < -0.39 is 0 Å². The molecule has 2 rings (SSSR count). The Labute approximate surface area is 126 Å². The molecular formula is C15H23N3OS. The van der Waals surface area contributed by atoms with Crippen LogP contribution in [0.4, 0.5) is 0 Å². The molecule has 1 unspecified atom stereocenters. The Bertz CT molecular complexity index is 458. The highest BCUT2D eigenvalue weighted by molar-refractivity contribution is 7.80. The predicted octanol–water partition coefficient (Wildman–Crippen LogP) is 1.66. The summed E-state index contributed by atoms with van der Waals surface area (Å²) in [4.78, 5) is 5.18. The van der Waals surface area contributed by atoms with Crippen LogP contribution in [-0.2, 0) is 0 Å². The summed E-state index contributed by atoms with van der Waals surface area (Å²) >= 11 is 5.32. The van der Waals surface area contributed by atoms with Crippen molar-refractivity contribution in [3.63, 3.8) is 0 Å². The molecule has 1 aliphatic rings. The van der Waals surface area contributed by atoms with E-state index in [4.69, 9.17) is 22.7 Å². The number of rotatable bonds is 5. The van der Waals surface area contributed by atoms with E-state index in [0.717, 1.165) is 37.5 Å². The lowest BCUT2D eigenvalue weighted by atomic mass is 10.0. The van der Waals surface area contributed by atoms with E-state index in [0.29, 0.717) is 11.6 Å². The normalized spacial score (nSPS) is 18.7. The molecule has 4 nitrogen and oxygen atoms in total. The maximum Gasteiger partial charge on any atom is 0.124 e. The van der Waals surface area contributed by atoms with Crippen molar-refractivity contribution >= 4 is 17.2 Å². The number of para-hydroxylation sites is 1. The zero-order chi connectivity index (χ0) is 14.5. The molecule has 1 heterocycles. The Hall–Kier alpha value is -1.17. The van der Waals surface area contributed by atoms with Crippen LogP contribution >= 0.6 is 12.2 Å². The molecule has 1 aromatic carbocycles. The number of piperazine rings is 1. The third-order valence-electron chi connectivity index (χ3n) is 3.69. The minimum absolute atomic E-state index is 0.0403. The summed E-state index contributed by atoms with van der Waals surface area (Å²) in [5.41, 5.74) is 7.10. The highest BCUT2D eigenvalue weighted by atomic mass is 32.1. The van der Waals surface area contributed by atoms with E-state index in [-0.39, 0.29) is 6.04 Å². The van der Waals surface area contributed by atoms with Gasteiger partial charge in [0.05, 0.1) is 17.6 Å². The number of benzene rings is 1. The molecule has 0 amide bonds. The Balaban J connectivity index is 2.27. The van der Waals surface area contributed by atoms with Crippen molar-refractivity contribution < 1.29 is 4.74 Å². The van der Waals surface area contributed by atoms with E-state index in [1.54, 1.807) is 0 Å². The van der Waals surface area contributed by atoms with Crippen molar-refractivity contribution in [2.24, 2.45) is 5.73 Å². The number of thiocarbonyl (C=S) groups is 1. The first-order chi connectivity index (χ1) is 9.63. The highest BCUT2D eigenvalue weighted by Gasteiger charge is 2.28. The Morgan fingerprint density at radius 2 is 1.95 bits per heavy atom. The summed E-state index contributed by atoms with van der Waals surface area (Å²) in [5, 5.41) is 0. The van der Waals surface area contributed by atoms with Crippen LogP contribution in [0.25, 0.3) is 0 Å². The summed E-state index contributed by atoms with van der Waals surface area (Å²) in [5.74, 6) is 0.881. The minimum atomic E-state index is -0.0403. The van der Waals surface area contributed by atoms with Crippen LogP contribution in [0.5, 0.6) is 5.75 Å². The number of hydrogen-bond acceptors (Lipinski definition) is 4. The van der Waals surface area contributed by atoms with Gasteiger partial charge in [-0.3, -0.25) is 4.90 Å². The second-order valence-electron chi connectivity index (χ2n) is 5.11. The molecule has 2 N–H and O–H groups in total. The SMILES string of the molecule is CCOc1ccccc1C(C(N)=S)N1CCN(C)CC1. The zero-order valence-electron chi connectivity index (χ0n) is 12.2. The molecule has 0 bridgehead atoms. The predicted molar refractivity (Wildman–Crippen MR) is 86.2 cm³/mol.